The molecule has 0 amide bonds. The highest BCUT2D eigenvalue weighted by Crippen LogP contribution is 2.14. The van der Waals surface area contributed by atoms with Crippen LogP contribution in [0.1, 0.15) is 0 Å². The van der Waals surface area contributed by atoms with Crippen LogP contribution in [0.2, 0.25) is 0 Å². The minimum atomic E-state index is -0.303. The zero-order valence-electron chi connectivity index (χ0n) is 8.14. The van der Waals surface area contributed by atoms with Gasteiger partial charge in [-0.25, -0.2) is 9.37 Å². The summed E-state index contributed by atoms with van der Waals surface area (Å²) >= 11 is 0. The van der Waals surface area contributed by atoms with Crippen LogP contribution in [0.4, 0.5) is 4.39 Å². The fourth-order valence-corrected chi connectivity index (χ4v) is 1.24. The van der Waals surface area contributed by atoms with E-state index in [1.165, 1.54) is 29.1 Å². The van der Waals surface area contributed by atoms with E-state index >= 15 is 0 Å². The molecule has 0 radical (unpaired) electrons. The molecule has 15 heavy (non-hydrogen) atoms. The van der Waals surface area contributed by atoms with Crippen molar-refractivity contribution in [1.82, 2.24) is 9.55 Å². The topological polar surface area (TPSA) is 34.9 Å². The number of halogens is 1. The number of aromatic nitrogens is 2. The van der Waals surface area contributed by atoms with Gasteiger partial charge in [0.25, 0.3) is 5.56 Å². The van der Waals surface area contributed by atoms with Gasteiger partial charge in [0, 0.05) is 18.7 Å². The average Bonchev–Trinajstić information content (AvgIpc) is 2.23. The fraction of sp³-hybridized carbons (Fsp3) is 0.0909. The summed E-state index contributed by atoms with van der Waals surface area (Å²) < 4.78 is 14.0. The Morgan fingerprint density at radius 3 is 2.53 bits per heavy atom. The van der Waals surface area contributed by atoms with Gasteiger partial charge in [-0.1, -0.05) is 0 Å². The molecule has 0 aliphatic rings. The minimum Gasteiger partial charge on any atom is -0.302 e. The number of benzene rings is 1. The maximum absolute atomic E-state index is 12.7. The van der Waals surface area contributed by atoms with Crippen molar-refractivity contribution < 1.29 is 4.39 Å². The standard InChI is InChI=1S/C11H9FN2O/c1-14-7-13-10(6-11(14)15)8-2-4-9(12)5-3-8/h2-7H,1H3. The monoisotopic (exact) mass is 204 g/mol. The molecule has 0 aliphatic heterocycles. The summed E-state index contributed by atoms with van der Waals surface area (Å²) in [6, 6.07) is 7.30. The summed E-state index contributed by atoms with van der Waals surface area (Å²) in [6.45, 7) is 0. The Labute approximate surface area is 85.8 Å². The third-order valence-electron chi connectivity index (χ3n) is 2.12. The van der Waals surface area contributed by atoms with E-state index in [1.807, 2.05) is 0 Å². The highest BCUT2D eigenvalue weighted by Gasteiger charge is 2.00. The molecule has 1 aromatic carbocycles. The van der Waals surface area contributed by atoms with Gasteiger partial charge in [0.05, 0.1) is 12.0 Å². The molecule has 2 aromatic rings. The van der Waals surface area contributed by atoms with Crippen molar-refractivity contribution in [2.75, 3.05) is 0 Å². The second kappa shape index (κ2) is 3.65. The van der Waals surface area contributed by atoms with E-state index in [0.717, 1.165) is 5.56 Å². The van der Waals surface area contributed by atoms with Crippen molar-refractivity contribution in [3.8, 4) is 11.3 Å². The van der Waals surface area contributed by atoms with E-state index in [2.05, 4.69) is 4.98 Å². The van der Waals surface area contributed by atoms with Gasteiger partial charge in [-0.2, -0.15) is 0 Å². The molecule has 0 saturated heterocycles. The Bertz CT molecular complexity index is 531. The summed E-state index contributed by atoms with van der Waals surface area (Å²) in [7, 11) is 1.63. The molecule has 2 rings (SSSR count). The van der Waals surface area contributed by atoms with Crippen LogP contribution in [0, 0.1) is 5.82 Å². The minimum absolute atomic E-state index is 0.135. The molecular formula is C11H9FN2O. The molecule has 3 nitrogen and oxygen atoms in total. The fourth-order valence-electron chi connectivity index (χ4n) is 1.24. The van der Waals surface area contributed by atoms with Gasteiger partial charge in [0.1, 0.15) is 5.82 Å². The predicted octanol–water partition coefficient (Wildman–Crippen LogP) is 1.59. The van der Waals surface area contributed by atoms with Gasteiger partial charge in [-0.05, 0) is 24.3 Å². The SMILES string of the molecule is Cn1cnc(-c2ccc(F)cc2)cc1=O. The van der Waals surface area contributed by atoms with E-state index in [9.17, 15) is 9.18 Å². The van der Waals surface area contributed by atoms with Crippen LogP contribution < -0.4 is 5.56 Å². The molecule has 0 saturated carbocycles. The van der Waals surface area contributed by atoms with Crippen LogP contribution in [-0.2, 0) is 7.05 Å². The molecule has 0 aliphatic carbocycles. The number of hydrogen-bond donors (Lipinski definition) is 0. The highest BCUT2D eigenvalue weighted by molar-refractivity contribution is 5.57. The first kappa shape index (κ1) is 9.58. The summed E-state index contributed by atoms with van der Waals surface area (Å²) in [4.78, 5) is 15.4. The van der Waals surface area contributed by atoms with E-state index in [0.29, 0.717) is 5.69 Å². The van der Waals surface area contributed by atoms with Crippen molar-refractivity contribution in [2.24, 2.45) is 7.05 Å². The van der Waals surface area contributed by atoms with Gasteiger partial charge in [0.15, 0.2) is 0 Å². The third-order valence-corrected chi connectivity index (χ3v) is 2.12. The van der Waals surface area contributed by atoms with Crippen LogP contribution in [0.25, 0.3) is 11.3 Å². The average molecular weight is 204 g/mol. The lowest BCUT2D eigenvalue weighted by Crippen LogP contribution is -2.15. The van der Waals surface area contributed by atoms with Crippen LogP contribution in [0.5, 0.6) is 0 Å². The Kier molecular flexibility index (Phi) is 2.33. The molecule has 1 aromatic heterocycles. The molecule has 76 valence electrons. The molecule has 0 fully saturated rings. The summed E-state index contributed by atoms with van der Waals surface area (Å²) in [5, 5.41) is 0. The highest BCUT2D eigenvalue weighted by atomic mass is 19.1. The normalized spacial score (nSPS) is 10.3. The first-order chi connectivity index (χ1) is 7.16. The molecule has 0 N–H and O–H groups in total. The van der Waals surface area contributed by atoms with E-state index in [4.69, 9.17) is 0 Å². The molecule has 4 heteroatoms. The molecule has 0 unspecified atom stereocenters. The summed E-state index contributed by atoms with van der Waals surface area (Å²) in [5.41, 5.74) is 1.15. The van der Waals surface area contributed by atoms with E-state index in [-0.39, 0.29) is 11.4 Å². The van der Waals surface area contributed by atoms with E-state index < -0.39 is 0 Å². The molecular weight excluding hydrogens is 195 g/mol. The third kappa shape index (κ3) is 1.93. The number of nitrogens with zero attached hydrogens (tertiary/aromatic N) is 2. The summed E-state index contributed by atoms with van der Waals surface area (Å²) in [6.07, 6.45) is 1.45. The Hall–Kier alpha value is -1.97. The number of hydrogen-bond acceptors (Lipinski definition) is 2. The first-order valence-corrected chi connectivity index (χ1v) is 4.45. The lowest BCUT2D eigenvalue weighted by atomic mass is 10.1. The van der Waals surface area contributed by atoms with Crippen LogP contribution >= 0.6 is 0 Å². The van der Waals surface area contributed by atoms with Crippen molar-refractivity contribution in [2.45, 2.75) is 0 Å². The van der Waals surface area contributed by atoms with Gasteiger partial charge in [0.2, 0.25) is 0 Å². The Morgan fingerprint density at radius 1 is 1.27 bits per heavy atom. The number of rotatable bonds is 1. The van der Waals surface area contributed by atoms with Gasteiger partial charge in [-0.3, -0.25) is 4.79 Å². The Morgan fingerprint density at radius 2 is 1.93 bits per heavy atom. The van der Waals surface area contributed by atoms with Crippen molar-refractivity contribution in [3.05, 3.63) is 52.8 Å². The predicted molar refractivity (Wildman–Crippen MR) is 54.9 cm³/mol. The molecule has 0 atom stereocenters. The smallest absolute Gasteiger partial charge is 0.253 e. The zero-order valence-corrected chi connectivity index (χ0v) is 8.14. The first-order valence-electron chi connectivity index (χ1n) is 4.45. The van der Waals surface area contributed by atoms with Crippen LogP contribution in [0.3, 0.4) is 0 Å². The van der Waals surface area contributed by atoms with Gasteiger partial charge in [-0.15, -0.1) is 0 Å². The number of aryl methyl sites for hydroxylation is 1. The zero-order chi connectivity index (χ0) is 10.8. The van der Waals surface area contributed by atoms with Crippen molar-refractivity contribution in [1.29, 1.82) is 0 Å². The maximum Gasteiger partial charge on any atom is 0.253 e. The van der Waals surface area contributed by atoms with E-state index in [1.54, 1.807) is 19.2 Å². The summed E-state index contributed by atoms with van der Waals surface area (Å²) in [5.74, 6) is -0.303. The quantitative estimate of drug-likeness (QED) is 0.707. The van der Waals surface area contributed by atoms with Gasteiger partial charge < -0.3 is 4.57 Å². The van der Waals surface area contributed by atoms with Crippen LogP contribution in [-0.4, -0.2) is 9.55 Å². The van der Waals surface area contributed by atoms with Gasteiger partial charge >= 0.3 is 0 Å². The molecule has 0 bridgehead atoms. The lowest BCUT2D eigenvalue weighted by Gasteiger charge is -2.01. The second-order valence-corrected chi connectivity index (χ2v) is 3.23. The van der Waals surface area contributed by atoms with Crippen LogP contribution in [0.15, 0.2) is 41.5 Å². The molecule has 0 spiro atoms. The lowest BCUT2D eigenvalue weighted by molar-refractivity contribution is 0.628. The Balaban J connectivity index is 2.50. The maximum atomic E-state index is 12.7. The second-order valence-electron chi connectivity index (χ2n) is 3.23. The molecule has 1 heterocycles. The van der Waals surface area contributed by atoms with Crippen molar-refractivity contribution in [3.63, 3.8) is 0 Å². The largest absolute Gasteiger partial charge is 0.302 e. The van der Waals surface area contributed by atoms with Crippen molar-refractivity contribution >= 4 is 0 Å².